The molecule has 0 saturated heterocycles. The number of hydrogen-bond acceptors (Lipinski definition) is 2. The number of anilines is 3. The lowest BCUT2D eigenvalue weighted by atomic mass is 10.00. The van der Waals surface area contributed by atoms with Crippen LogP contribution in [0.15, 0.2) is 211 Å². The Kier molecular flexibility index (Phi) is 7.17. The zero-order chi connectivity index (χ0) is 36.3. The van der Waals surface area contributed by atoms with Crippen LogP contribution >= 0.6 is 0 Å². The fourth-order valence-corrected chi connectivity index (χ4v) is 8.32. The van der Waals surface area contributed by atoms with Gasteiger partial charge in [0, 0.05) is 49.7 Å². The Balaban J connectivity index is 0.990. The van der Waals surface area contributed by atoms with E-state index >= 15 is 0 Å². The Morgan fingerprint density at radius 1 is 0.345 bits per heavy atom. The summed E-state index contributed by atoms with van der Waals surface area (Å²) in [6.07, 6.45) is 0. The van der Waals surface area contributed by atoms with Gasteiger partial charge in [0.2, 0.25) is 0 Å². The normalized spacial score (nSPS) is 11.6. The van der Waals surface area contributed by atoms with Crippen molar-refractivity contribution in [1.29, 1.82) is 0 Å². The predicted molar refractivity (Wildman–Crippen MR) is 231 cm³/mol. The van der Waals surface area contributed by atoms with E-state index in [1.807, 2.05) is 0 Å². The fourth-order valence-electron chi connectivity index (χ4n) is 8.32. The van der Waals surface area contributed by atoms with Crippen LogP contribution in [0.4, 0.5) is 17.1 Å². The average molecular weight is 703 g/mol. The van der Waals surface area contributed by atoms with Crippen molar-refractivity contribution in [2.45, 2.75) is 0 Å². The van der Waals surface area contributed by atoms with E-state index in [4.69, 9.17) is 4.42 Å². The largest absolute Gasteiger partial charge is 0.455 e. The van der Waals surface area contributed by atoms with Crippen molar-refractivity contribution < 1.29 is 4.42 Å². The molecule has 11 rings (SSSR count). The highest BCUT2D eigenvalue weighted by Gasteiger charge is 2.18. The number of rotatable bonds is 6. The quantitative estimate of drug-likeness (QED) is 0.172. The van der Waals surface area contributed by atoms with Crippen molar-refractivity contribution in [2.24, 2.45) is 0 Å². The van der Waals surface area contributed by atoms with Crippen molar-refractivity contribution >= 4 is 71.6 Å². The summed E-state index contributed by atoms with van der Waals surface area (Å²) in [5.41, 5.74) is 13.4. The minimum absolute atomic E-state index is 0.890. The van der Waals surface area contributed by atoms with Crippen LogP contribution in [0.3, 0.4) is 0 Å². The van der Waals surface area contributed by atoms with Gasteiger partial charge in [-0.1, -0.05) is 121 Å². The van der Waals surface area contributed by atoms with Crippen molar-refractivity contribution in [3.8, 4) is 27.9 Å². The second-order valence-electron chi connectivity index (χ2n) is 14.2. The number of fused-ring (bicyclic) bond motifs is 8. The van der Waals surface area contributed by atoms with Crippen LogP contribution in [-0.2, 0) is 0 Å². The van der Waals surface area contributed by atoms with Crippen molar-refractivity contribution in [2.75, 3.05) is 4.90 Å². The molecule has 11 aromatic rings. The number of para-hydroxylation sites is 3. The highest BCUT2D eigenvalue weighted by atomic mass is 16.3. The molecule has 2 heterocycles. The molecule has 0 atom stereocenters. The van der Waals surface area contributed by atoms with Gasteiger partial charge in [0.25, 0.3) is 0 Å². The van der Waals surface area contributed by atoms with Gasteiger partial charge in [0.05, 0.1) is 11.0 Å². The van der Waals surface area contributed by atoms with Crippen molar-refractivity contribution in [3.05, 3.63) is 206 Å². The molecule has 0 amide bonds. The first-order valence-corrected chi connectivity index (χ1v) is 18.8. The second kappa shape index (κ2) is 12.6. The SMILES string of the molecule is c1ccc(-c2ccc(N(c3ccccc3)c3ccc(-c4ccc5oc6c7cc8c(cc7ccc6c5c4)c4ccccc4n8-c4ccccc4)cc3)cc2)cc1. The molecule has 0 aliphatic heterocycles. The predicted octanol–water partition coefficient (Wildman–Crippen LogP) is 14.6. The molecule has 0 N–H and O–H groups in total. The Morgan fingerprint density at radius 3 is 1.65 bits per heavy atom. The molecule has 0 unspecified atom stereocenters. The smallest absolute Gasteiger partial charge is 0.143 e. The third-order valence-electron chi connectivity index (χ3n) is 11.0. The molecule has 55 heavy (non-hydrogen) atoms. The standard InChI is InChI=1S/C52H34N2O/c1-4-12-35(13-5-1)36-20-26-42(27-21-36)53(40-14-6-2-7-15-40)43-28-22-37(23-29-43)38-25-31-51-48(32-38)45-30-24-39-33-47-44-18-10-11-19-49(44)54(41-16-8-3-9-17-41)50(47)34-46(39)52(45)55-51/h1-34H. The average Bonchev–Trinajstić information content (AvgIpc) is 3.80. The number of aromatic nitrogens is 1. The molecule has 0 spiro atoms. The summed E-state index contributed by atoms with van der Waals surface area (Å²) >= 11 is 0. The molecule has 0 aliphatic rings. The zero-order valence-electron chi connectivity index (χ0n) is 29.9. The second-order valence-corrected chi connectivity index (χ2v) is 14.2. The molecule has 0 radical (unpaired) electrons. The summed E-state index contributed by atoms with van der Waals surface area (Å²) in [7, 11) is 0. The molecule has 258 valence electrons. The monoisotopic (exact) mass is 702 g/mol. The van der Waals surface area contributed by atoms with E-state index in [2.05, 4.69) is 216 Å². The highest BCUT2D eigenvalue weighted by Crippen LogP contribution is 2.41. The summed E-state index contributed by atoms with van der Waals surface area (Å²) < 4.78 is 9.06. The van der Waals surface area contributed by atoms with E-state index in [0.29, 0.717) is 0 Å². The van der Waals surface area contributed by atoms with E-state index in [0.717, 1.165) is 61.2 Å². The Bertz CT molecular complexity index is 3160. The van der Waals surface area contributed by atoms with Gasteiger partial charge in [-0.3, -0.25) is 0 Å². The van der Waals surface area contributed by atoms with Crippen LogP contribution in [0.25, 0.3) is 82.5 Å². The van der Waals surface area contributed by atoms with Gasteiger partial charge in [-0.2, -0.15) is 0 Å². The van der Waals surface area contributed by atoms with E-state index in [-0.39, 0.29) is 0 Å². The summed E-state index contributed by atoms with van der Waals surface area (Å²) in [6.45, 7) is 0. The van der Waals surface area contributed by atoms with Gasteiger partial charge in [-0.25, -0.2) is 0 Å². The van der Waals surface area contributed by atoms with E-state index in [1.54, 1.807) is 0 Å². The van der Waals surface area contributed by atoms with Gasteiger partial charge in [0.1, 0.15) is 11.2 Å². The highest BCUT2D eigenvalue weighted by molar-refractivity contribution is 6.20. The van der Waals surface area contributed by atoms with Crippen LogP contribution in [-0.4, -0.2) is 4.57 Å². The third-order valence-corrected chi connectivity index (χ3v) is 11.0. The van der Waals surface area contributed by atoms with E-state index in [1.165, 1.54) is 38.3 Å². The molecule has 0 aliphatic carbocycles. The summed E-state index contributed by atoms with van der Waals surface area (Å²) in [5.74, 6) is 0. The number of hydrogen-bond donors (Lipinski definition) is 0. The molecule has 9 aromatic carbocycles. The zero-order valence-corrected chi connectivity index (χ0v) is 29.9. The van der Waals surface area contributed by atoms with Gasteiger partial charge in [-0.15, -0.1) is 0 Å². The lowest BCUT2D eigenvalue weighted by molar-refractivity contribution is 0.673. The first kappa shape index (κ1) is 31.2. The Hall–Kier alpha value is -7.36. The summed E-state index contributed by atoms with van der Waals surface area (Å²) in [6, 6.07) is 73.7. The third kappa shape index (κ3) is 5.20. The molecule has 0 fully saturated rings. The Morgan fingerprint density at radius 2 is 0.927 bits per heavy atom. The van der Waals surface area contributed by atoms with E-state index < -0.39 is 0 Å². The number of furan rings is 1. The van der Waals surface area contributed by atoms with Gasteiger partial charge in [0.15, 0.2) is 0 Å². The first-order valence-electron chi connectivity index (χ1n) is 18.8. The molecular formula is C52H34N2O. The van der Waals surface area contributed by atoms with Crippen LogP contribution in [0, 0.1) is 0 Å². The van der Waals surface area contributed by atoms with Crippen LogP contribution in [0.5, 0.6) is 0 Å². The lowest BCUT2D eigenvalue weighted by Crippen LogP contribution is -2.09. The minimum atomic E-state index is 0.890. The molecule has 3 nitrogen and oxygen atoms in total. The summed E-state index contributed by atoms with van der Waals surface area (Å²) in [5, 5.41) is 7.01. The lowest BCUT2D eigenvalue weighted by Gasteiger charge is -2.26. The maximum absolute atomic E-state index is 6.69. The van der Waals surface area contributed by atoms with Crippen molar-refractivity contribution in [1.82, 2.24) is 4.57 Å². The van der Waals surface area contributed by atoms with Gasteiger partial charge < -0.3 is 13.9 Å². The molecule has 2 aromatic heterocycles. The van der Waals surface area contributed by atoms with Crippen LogP contribution in [0.2, 0.25) is 0 Å². The first-order chi connectivity index (χ1) is 27.3. The maximum atomic E-state index is 6.69. The maximum Gasteiger partial charge on any atom is 0.143 e. The molecule has 0 saturated carbocycles. The summed E-state index contributed by atoms with van der Waals surface area (Å²) in [4.78, 5) is 2.31. The van der Waals surface area contributed by atoms with Crippen molar-refractivity contribution in [3.63, 3.8) is 0 Å². The number of benzene rings is 9. The van der Waals surface area contributed by atoms with Crippen LogP contribution in [0.1, 0.15) is 0 Å². The topological polar surface area (TPSA) is 21.3 Å². The van der Waals surface area contributed by atoms with Gasteiger partial charge >= 0.3 is 0 Å². The molecular weight excluding hydrogens is 669 g/mol. The number of nitrogens with zero attached hydrogens (tertiary/aromatic N) is 2. The van der Waals surface area contributed by atoms with Gasteiger partial charge in [-0.05, 0) is 113 Å². The fraction of sp³-hybridized carbons (Fsp3) is 0. The van der Waals surface area contributed by atoms with Crippen LogP contribution < -0.4 is 4.90 Å². The molecule has 0 bridgehead atoms. The van der Waals surface area contributed by atoms with E-state index in [9.17, 15) is 0 Å². The Labute approximate surface area is 318 Å². The molecule has 3 heteroatoms. The minimum Gasteiger partial charge on any atom is -0.455 e.